The Labute approximate surface area is 205 Å². The Bertz CT molecular complexity index is 1400. The van der Waals surface area contributed by atoms with Crippen molar-refractivity contribution in [2.45, 2.75) is 38.1 Å². The molecular weight excluding hydrogens is 464 g/mol. The number of rotatable bonds is 8. The Hall–Kier alpha value is -3.16. The van der Waals surface area contributed by atoms with E-state index in [0.717, 1.165) is 21.2 Å². The molecule has 1 atom stereocenters. The smallest absolute Gasteiger partial charge is 0.264 e. The normalized spacial score (nSPS) is 12.4. The summed E-state index contributed by atoms with van der Waals surface area (Å²) < 4.78 is 29.2. The first-order valence-electron chi connectivity index (χ1n) is 11.3. The zero-order valence-corrected chi connectivity index (χ0v) is 21.1. The minimum atomic E-state index is -3.70. The topological polar surface area (TPSA) is 66.5 Å². The van der Waals surface area contributed by atoms with Gasteiger partial charge in [-0.1, -0.05) is 55.0 Å². The molecule has 0 bridgehead atoms. The van der Waals surface area contributed by atoms with Crippen LogP contribution in [0, 0.1) is 6.92 Å². The van der Waals surface area contributed by atoms with Crippen molar-refractivity contribution >= 4 is 43.0 Å². The van der Waals surface area contributed by atoms with Crippen molar-refractivity contribution in [2.24, 2.45) is 0 Å². The van der Waals surface area contributed by atoms with Crippen molar-refractivity contribution in [3.05, 3.63) is 94.9 Å². The summed E-state index contributed by atoms with van der Waals surface area (Å²) in [5.74, 6) is -0.142. The highest BCUT2D eigenvalue weighted by Gasteiger charge is 2.25. The molecule has 0 saturated carbocycles. The summed E-state index contributed by atoms with van der Waals surface area (Å²) in [7, 11) is -3.70. The van der Waals surface area contributed by atoms with Gasteiger partial charge in [0.15, 0.2) is 0 Å². The van der Waals surface area contributed by atoms with Crippen LogP contribution in [-0.4, -0.2) is 20.9 Å². The van der Waals surface area contributed by atoms with Crippen LogP contribution in [-0.2, 0) is 10.0 Å². The lowest BCUT2D eigenvalue weighted by Gasteiger charge is -2.24. The van der Waals surface area contributed by atoms with Crippen molar-refractivity contribution in [3.8, 4) is 0 Å². The second kappa shape index (κ2) is 9.99. The van der Waals surface area contributed by atoms with E-state index < -0.39 is 10.0 Å². The molecule has 0 spiro atoms. The van der Waals surface area contributed by atoms with Crippen molar-refractivity contribution in [1.29, 1.82) is 0 Å². The van der Waals surface area contributed by atoms with Gasteiger partial charge in [-0.3, -0.25) is 9.10 Å². The number of fused-ring (bicyclic) bond motifs is 1. The number of carbonyl (C=O) groups excluding carboxylic acids is 1. The number of amides is 1. The summed E-state index contributed by atoms with van der Waals surface area (Å²) in [4.78, 5) is 13.8. The molecule has 1 aromatic heterocycles. The molecule has 1 amide bonds. The molecule has 0 aliphatic rings. The Morgan fingerprint density at radius 3 is 2.38 bits per heavy atom. The fourth-order valence-electron chi connectivity index (χ4n) is 3.82. The number of hydrogen-bond acceptors (Lipinski definition) is 4. The molecule has 0 aliphatic carbocycles. The van der Waals surface area contributed by atoms with Gasteiger partial charge in [0, 0.05) is 11.2 Å². The summed E-state index contributed by atoms with van der Waals surface area (Å²) in [5, 5.41) is 3.89. The SMILES string of the molecule is CCCN(c1ccc2sc(C(=O)N[C@@H](C)c3ccccc3)cc2c1)S(=O)(=O)c1ccc(C)cc1. The summed E-state index contributed by atoms with van der Waals surface area (Å²) in [6, 6.07) is 24.0. The highest BCUT2D eigenvalue weighted by atomic mass is 32.2. The third kappa shape index (κ3) is 5.00. The second-order valence-electron chi connectivity index (χ2n) is 8.33. The second-order valence-corrected chi connectivity index (χ2v) is 11.3. The van der Waals surface area contributed by atoms with Crippen LogP contribution in [0.4, 0.5) is 5.69 Å². The number of benzene rings is 3. The first-order chi connectivity index (χ1) is 16.3. The number of sulfonamides is 1. The Morgan fingerprint density at radius 1 is 1.00 bits per heavy atom. The van der Waals surface area contributed by atoms with Gasteiger partial charge in [0.05, 0.1) is 21.5 Å². The zero-order chi connectivity index (χ0) is 24.3. The molecule has 176 valence electrons. The summed E-state index contributed by atoms with van der Waals surface area (Å²) in [5.41, 5.74) is 2.64. The van der Waals surface area contributed by atoms with E-state index in [0.29, 0.717) is 23.5 Å². The molecule has 1 N–H and O–H groups in total. The molecule has 1 heterocycles. The molecule has 34 heavy (non-hydrogen) atoms. The van der Waals surface area contributed by atoms with Crippen LogP contribution < -0.4 is 9.62 Å². The van der Waals surface area contributed by atoms with Crippen LogP contribution >= 0.6 is 11.3 Å². The van der Waals surface area contributed by atoms with E-state index in [2.05, 4.69) is 5.32 Å². The van der Waals surface area contributed by atoms with Crippen LogP contribution in [0.5, 0.6) is 0 Å². The number of nitrogens with zero attached hydrogens (tertiary/aromatic N) is 1. The van der Waals surface area contributed by atoms with Crippen molar-refractivity contribution < 1.29 is 13.2 Å². The van der Waals surface area contributed by atoms with Crippen molar-refractivity contribution in [2.75, 3.05) is 10.8 Å². The van der Waals surface area contributed by atoms with Gasteiger partial charge in [0.1, 0.15) is 0 Å². The van der Waals surface area contributed by atoms with Crippen LogP contribution in [0.3, 0.4) is 0 Å². The number of nitrogens with one attached hydrogen (secondary N) is 1. The molecule has 0 unspecified atom stereocenters. The van der Waals surface area contributed by atoms with Gasteiger partial charge in [-0.15, -0.1) is 11.3 Å². The van der Waals surface area contributed by atoms with Gasteiger partial charge in [-0.25, -0.2) is 8.42 Å². The van der Waals surface area contributed by atoms with E-state index in [-0.39, 0.29) is 16.8 Å². The number of thiophene rings is 1. The maximum absolute atomic E-state index is 13.4. The van der Waals surface area contributed by atoms with Gasteiger partial charge in [0.2, 0.25) is 0 Å². The summed E-state index contributed by atoms with van der Waals surface area (Å²) in [6.07, 6.45) is 0.678. The quantitative estimate of drug-likeness (QED) is 0.314. The predicted molar refractivity (Wildman–Crippen MR) is 140 cm³/mol. The third-order valence-corrected chi connectivity index (χ3v) is 8.65. The van der Waals surface area contributed by atoms with E-state index in [1.165, 1.54) is 15.6 Å². The molecule has 0 radical (unpaired) electrons. The van der Waals surface area contributed by atoms with Gasteiger partial charge in [0.25, 0.3) is 15.9 Å². The molecule has 0 fully saturated rings. The summed E-state index contributed by atoms with van der Waals surface area (Å²) >= 11 is 1.40. The molecule has 5 nitrogen and oxygen atoms in total. The highest BCUT2D eigenvalue weighted by molar-refractivity contribution is 7.92. The van der Waals surface area contributed by atoms with Crippen LogP contribution in [0.25, 0.3) is 10.1 Å². The molecule has 0 aliphatic heterocycles. The fourth-order valence-corrected chi connectivity index (χ4v) is 6.31. The average molecular weight is 493 g/mol. The van der Waals surface area contributed by atoms with Crippen LogP contribution in [0.2, 0.25) is 0 Å². The zero-order valence-electron chi connectivity index (χ0n) is 19.5. The average Bonchev–Trinajstić information content (AvgIpc) is 3.27. The minimum absolute atomic E-state index is 0.117. The number of aryl methyl sites for hydroxylation is 1. The lowest BCUT2D eigenvalue weighted by molar-refractivity contribution is 0.0944. The maximum atomic E-state index is 13.4. The van der Waals surface area contributed by atoms with E-state index in [9.17, 15) is 13.2 Å². The highest BCUT2D eigenvalue weighted by Crippen LogP contribution is 2.32. The van der Waals surface area contributed by atoms with Crippen molar-refractivity contribution in [1.82, 2.24) is 5.32 Å². The summed E-state index contributed by atoms with van der Waals surface area (Å²) in [6.45, 7) is 6.21. The van der Waals surface area contributed by atoms with Crippen LogP contribution in [0.1, 0.15) is 47.1 Å². The molecule has 4 rings (SSSR count). The minimum Gasteiger partial charge on any atom is -0.345 e. The Balaban J connectivity index is 1.62. The predicted octanol–water partition coefficient (Wildman–Crippen LogP) is 6.31. The first-order valence-corrected chi connectivity index (χ1v) is 13.5. The molecule has 0 saturated heterocycles. The maximum Gasteiger partial charge on any atom is 0.264 e. The van der Waals surface area contributed by atoms with Gasteiger partial charge < -0.3 is 5.32 Å². The van der Waals surface area contributed by atoms with Crippen molar-refractivity contribution in [3.63, 3.8) is 0 Å². The van der Waals surface area contributed by atoms with E-state index in [1.54, 1.807) is 24.3 Å². The molecular formula is C27H28N2O3S2. The largest absolute Gasteiger partial charge is 0.345 e. The number of carbonyl (C=O) groups is 1. The third-order valence-electron chi connectivity index (χ3n) is 5.69. The Kier molecular flexibility index (Phi) is 7.05. The number of anilines is 1. The van der Waals surface area contributed by atoms with E-state index in [4.69, 9.17) is 0 Å². The van der Waals surface area contributed by atoms with E-state index >= 15 is 0 Å². The van der Waals surface area contributed by atoms with Gasteiger partial charge in [-0.2, -0.15) is 0 Å². The molecule has 7 heteroatoms. The van der Waals surface area contributed by atoms with Gasteiger partial charge >= 0.3 is 0 Å². The number of hydrogen-bond donors (Lipinski definition) is 1. The fraction of sp³-hybridized carbons (Fsp3) is 0.222. The van der Waals surface area contributed by atoms with E-state index in [1.807, 2.05) is 75.4 Å². The molecule has 4 aromatic rings. The monoisotopic (exact) mass is 492 g/mol. The lowest BCUT2D eigenvalue weighted by atomic mass is 10.1. The first kappa shape index (κ1) is 24.0. The lowest BCUT2D eigenvalue weighted by Crippen LogP contribution is -2.31. The Morgan fingerprint density at radius 2 is 1.71 bits per heavy atom. The standard InChI is InChI=1S/C27H28N2O3S2/c1-4-16-29(34(31,32)24-13-10-19(2)11-14-24)23-12-15-25-22(17-23)18-26(33-25)27(30)28-20(3)21-8-6-5-7-9-21/h5-15,17-18,20H,4,16H2,1-3H3,(H,28,30)/t20-/m0/s1. The van der Waals surface area contributed by atoms with Crippen LogP contribution in [0.15, 0.2) is 83.8 Å². The van der Waals surface area contributed by atoms with Gasteiger partial charge in [-0.05, 0) is 67.6 Å². The molecule has 3 aromatic carbocycles.